The fourth-order valence-electron chi connectivity index (χ4n) is 6.69. The van der Waals surface area contributed by atoms with Crippen molar-refractivity contribution >= 4 is 11.9 Å². The molecule has 246 valence electrons. The molecule has 1 unspecified atom stereocenters. The average molecular weight is 627 g/mol. The van der Waals surface area contributed by atoms with Crippen molar-refractivity contribution in [1.29, 1.82) is 0 Å². The first-order chi connectivity index (χ1) is 22.0. The molecule has 2 aromatic carbocycles. The summed E-state index contributed by atoms with van der Waals surface area (Å²) in [5.41, 5.74) is 8.10. The highest BCUT2D eigenvalue weighted by Gasteiger charge is 2.52. The molecule has 2 heterocycles. The number of benzene rings is 2. The molecule has 0 spiro atoms. The molecule has 1 fully saturated rings. The normalized spacial score (nSPS) is 21.2. The van der Waals surface area contributed by atoms with Crippen molar-refractivity contribution < 1.29 is 38.4 Å². The average Bonchev–Trinajstić information content (AvgIpc) is 3.67. The first-order valence-electron chi connectivity index (χ1n) is 15.9. The molecule has 5 rings (SSSR count). The van der Waals surface area contributed by atoms with E-state index in [2.05, 4.69) is 16.0 Å². The van der Waals surface area contributed by atoms with Gasteiger partial charge in [-0.2, -0.15) is 0 Å². The lowest BCUT2D eigenvalue weighted by molar-refractivity contribution is -0.141. The van der Waals surface area contributed by atoms with Gasteiger partial charge in [0, 0.05) is 37.3 Å². The van der Waals surface area contributed by atoms with Crippen LogP contribution in [0.5, 0.6) is 28.7 Å². The van der Waals surface area contributed by atoms with Crippen molar-refractivity contribution in [1.82, 2.24) is 16.0 Å². The molecule has 0 aromatic heterocycles. The van der Waals surface area contributed by atoms with Gasteiger partial charge in [-0.3, -0.25) is 9.59 Å². The Hall–Kier alpha value is -3.74. The molecule has 4 atom stereocenters. The zero-order valence-corrected chi connectivity index (χ0v) is 26.2. The lowest BCUT2D eigenvalue weighted by Gasteiger charge is -2.39. The van der Waals surface area contributed by atoms with Crippen LogP contribution in [-0.2, 0) is 14.3 Å². The van der Waals surface area contributed by atoms with Crippen LogP contribution in [0.2, 0.25) is 0 Å². The number of aromatic hydroxyl groups is 1. The van der Waals surface area contributed by atoms with Gasteiger partial charge >= 0.3 is 5.97 Å². The standard InChI is InChI=1S/C33H46N4O8/c1-41-27-13-20(14-28(42-2)32(27)39)30-22-16-26-25(44-19-45-26)15-21(22)23(24-18-43-33(40)31(24)30)17-37-29(38)7-12-36-11-6-5-10-35-9-4-3-8-34/h13-16,23-24,30-31,35-36,39H,3-12,17-19,34H2,1-2H3,(H,37,38)/t23-,24-,30?,31+/m1/s1. The van der Waals surface area contributed by atoms with Crippen LogP contribution in [0.15, 0.2) is 24.3 Å². The minimum atomic E-state index is -0.518. The van der Waals surface area contributed by atoms with Crippen LogP contribution in [-0.4, -0.2) is 83.9 Å². The highest BCUT2D eigenvalue weighted by Crippen LogP contribution is 2.56. The molecule has 12 heteroatoms. The fraction of sp³-hybridized carbons (Fsp3) is 0.576. The van der Waals surface area contributed by atoms with E-state index in [1.54, 1.807) is 12.1 Å². The van der Waals surface area contributed by atoms with E-state index in [0.29, 0.717) is 31.0 Å². The number of rotatable bonds is 17. The monoisotopic (exact) mass is 626 g/mol. The molecule has 12 nitrogen and oxygen atoms in total. The van der Waals surface area contributed by atoms with Crippen molar-refractivity contribution in [2.24, 2.45) is 17.6 Å². The van der Waals surface area contributed by atoms with E-state index in [4.69, 9.17) is 29.4 Å². The Morgan fingerprint density at radius 2 is 1.53 bits per heavy atom. The SMILES string of the molecule is COc1cc(C2c3cc4c(cc3[C@@H](CNC(=O)CCNCCCCNCCCCN)[C@H]3COC(=O)[C@H]23)OCO4)cc(OC)c1O. The van der Waals surface area contributed by atoms with E-state index < -0.39 is 11.8 Å². The zero-order chi connectivity index (χ0) is 31.8. The molecule has 1 aliphatic carbocycles. The number of phenolic OH excluding ortho intramolecular Hbond substituents is 1. The Kier molecular flexibility index (Phi) is 11.2. The van der Waals surface area contributed by atoms with Crippen molar-refractivity contribution in [3.63, 3.8) is 0 Å². The molecule has 1 saturated heterocycles. The van der Waals surface area contributed by atoms with Crippen LogP contribution in [0.25, 0.3) is 0 Å². The maximum Gasteiger partial charge on any atom is 0.310 e. The lowest BCUT2D eigenvalue weighted by atomic mass is 9.62. The van der Waals surface area contributed by atoms with E-state index in [9.17, 15) is 14.7 Å². The molecule has 45 heavy (non-hydrogen) atoms. The van der Waals surface area contributed by atoms with Crippen LogP contribution in [0.1, 0.15) is 60.6 Å². The second-order valence-corrected chi connectivity index (χ2v) is 11.8. The zero-order valence-electron chi connectivity index (χ0n) is 26.2. The van der Waals surface area contributed by atoms with Crippen molar-refractivity contribution in [2.45, 2.75) is 43.9 Å². The highest BCUT2D eigenvalue weighted by atomic mass is 16.7. The Morgan fingerprint density at radius 3 is 2.18 bits per heavy atom. The quantitative estimate of drug-likeness (QED) is 0.129. The number of phenols is 1. The molecule has 6 N–H and O–H groups in total. The maximum atomic E-state index is 13.3. The smallest absolute Gasteiger partial charge is 0.310 e. The maximum absolute atomic E-state index is 13.3. The number of nitrogens with two attached hydrogens (primary N) is 1. The summed E-state index contributed by atoms with van der Waals surface area (Å²) >= 11 is 0. The first kappa shape index (κ1) is 32.6. The molecule has 1 amide bonds. The Balaban J connectivity index is 1.26. The first-order valence-corrected chi connectivity index (χ1v) is 15.9. The van der Waals surface area contributed by atoms with E-state index in [-0.39, 0.29) is 54.4 Å². The molecule has 2 aliphatic heterocycles. The van der Waals surface area contributed by atoms with Gasteiger partial charge in [-0.15, -0.1) is 0 Å². The number of fused-ring (bicyclic) bond motifs is 3. The number of hydrogen-bond acceptors (Lipinski definition) is 11. The van der Waals surface area contributed by atoms with Crippen LogP contribution in [0.4, 0.5) is 0 Å². The van der Waals surface area contributed by atoms with Gasteiger partial charge < -0.3 is 50.5 Å². The Bertz CT molecular complexity index is 1310. The van der Waals surface area contributed by atoms with E-state index in [1.807, 2.05) is 12.1 Å². The Labute approximate surface area is 264 Å². The topological polar surface area (TPSA) is 163 Å². The third-order valence-electron chi connectivity index (χ3n) is 9.01. The number of ether oxygens (including phenoxy) is 5. The summed E-state index contributed by atoms with van der Waals surface area (Å²) in [4.78, 5) is 26.2. The molecular formula is C33H46N4O8. The van der Waals surface area contributed by atoms with Gasteiger partial charge in [0.15, 0.2) is 23.0 Å². The summed E-state index contributed by atoms with van der Waals surface area (Å²) in [7, 11) is 2.94. The number of hydrogen-bond donors (Lipinski definition) is 5. The number of amides is 1. The van der Waals surface area contributed by atoms with E-state index in [1.165, 1.54) is 14.2 Å². The molecule has 0 bridgehead atoms. The third kappa shape index (κ3) is 7.40. The minimum absolute atomic E-state index is 0.0525. The highest BCUT2D eigenvalue weighted by molar-refractivity contribution is 5.79. The van der Waals surface area contributed by atoms with Crippen LogP contribution in [0, 0.1) is 11.8 Å². The van der Waals surface area contributed by atoms with E-state index in [0.717, 1.165) is 68.6 Å². The number of cyclic esters (lactones) is 1. The van der Waals surface area contributed by atoms with Gasteiger partial charge in [0.2, 0.25) is 18.4 Å². The summed E-state index contributed by atoms with van der Waals surface area (Å²) in [5, 5.41) is 20.5. The van der Waals surface area contributed by atoms with Gasteiger partial charge in [-0.25, -0.2) is 0 Å². The van der Waals surface area contributed by atoms with Crippen molar-refractivity contribution in [3.8, 4) is 28.7 Å². The summed E-state index contributed by atoms with van der Waals surface area (Å²) < 4.78 is 28.0. The second kappa shape index (κ2) is 15.5. The predicted molar refractivity (Wildman–Crippen MR) is 167 cm³/mol. The van der Waals surface area contributed by atoms with Gasteiger partial charge in [0.05, 0.1) is 26.7 Å². The van der Waals surface area contributed by atoms with Gasteiger partial charge in [-0.1, -0.05) is 0 Å². The molecule has 0 saturated carbocycles. The number of carbonyl (C=O) groups excluding carboxylic acids is 2. The summed E-state index contributed by atoms with van der Waals surface area (Å²) in [5.74, 6) is -0.0707. The number of carbonyl (C=O) groups is 2. The van der Waals surface area contributed by atoms with Gasteiger partial charge in [0.25, 0.3) is 0 Å². The summed E-state index contributed by atoms with van der Waals surface area (Å²) in [6, 6.07) is 7.34. The lowest BCUT2D eigenvalue weighted by Crippen LogP contribution is -2.40. The third-order valence-corrected chi connectivity index (χ3v) is 9.01. The molecular weight excluding hydrogens is 580 g/mol. The fourth-order valence-corrected chi connectivity index (χ4v) is 6.69. The van der Waals surface area contributed by atoms with Gasteiger partial charge in [-0.05, 0) is 92.8 Å². The van der Waals surface area contributed by atoms with Crippen LogP contribution < -0.4 is 40.6 Å². The minimum Gasteiger partial charge on any atom is -0.502 e. The van der Waals surface area contributed by atoms with Crippen LogP contribution in [0.3, 0.4) is 0 Å². The second-order valence-electron chi connectivity index (χ2n) is 11.8. The van der Waals surface area contributed by atoms with Crippen molar-refractivity contribution in [2.75, 3.05) is 66.9 Å². The largest absolute Gasteiger partial charge is 0.502 e. The van der Waals surface area contributed by atoms with E-state index >= 15 is 0 Å². The van der Waals surface area contributed by atoms with Crippen molar-refractivity contribution in [3.05, 3.63) is 41.0 Å². The molecule has 3 aliphatic rings. The molecule has 0 radical (unpaired) electrons. The molecule has 2 aromatic rings. The number of esters is 1. The van der Waals surface area contributed by atoms with Gasteiger partial charge in [0.1, 0.15) is 0 Å². The summed E-state index contributed by atoms with van der Waals surface area (Å²) in [6.45, 7) is 4.88. The number of unbranched alkanes of at least 4 members (excludes halogenated alkanes) is 2. The number of nitrogens with one attached hydrogen (secondary N) is 3. The summed E-state index contributed by atoms with van der Waals surface area (Å²) in [6.07, 6.45) is 4.63. The Morgan fingerprint density at radius 1 is 0.911 bits per heavy atom. The predicted octanol–water partition coefficient (Wildman–Crippen LogP) is 2.36. The van der Waals surface area contributed by atoms with Crippen LogP contribution >= 0.6 is 0 Å². The number of methoxy groups -OCH3 is 2.